The van der Waals surface area contributed by atoms with Crippen molar-refractivity contribution in [2.24, 2.45) is 0 Å². The molecule has 1 heterocycles. The Kier molecular flexibility index (Phi) is 3.28. The zero-order chi connectivity index (χ0) is 13.3. The maximum Gasteiger partial charge on any atom is 0.162 e. The molecule has 2 N–H and O–H groups in total. The number of aryl methyl sites for hydroxylation is 1. The van der Waals surface area contributed by atoms with Gasteiger partial charge in [0.2, 0.25) is 0 Å². The molecule has 0 amide bonds. The molecule has 0 saturated heterocycles. The van der Waals surface area contributed by atoms with Crippen molar-refractivity contribution in [2.45, 2.75) is 26.7 Å². The zero-order valence-corrected chi connectivity index (χ0v) is 10.7. The topological polar surface area (TPSA) is 51.8 Å². The molecule has 0 saturated carbocycles. The highest BCUT2D eigenvalue weighted by Crippen LogP contribution is 2.24. The van der Waals surface area contributed by atoms with E-state index in [2.05, 4.69) is 9.97 Å². The highest BCUT2D eigenvalue weighted by atomic mass is 19.1. The second-order valence-electron chi connectivity index (χ2n) is 4.66. The van der Waals surface area contributed by atoms with Crippen molar-refractivity contribution in [2.75, 3.05) is 5.73 Å². The second kappa shape index (κ2) is 4.72. The molecule has 18 heavy (non-hydrogen) atoms. The summed E-state index contributed by atoms with van der Waals surface area (Å²) in [5, 5.41) is 0. The number of halogens is 1. The van der Waals surface area contributed by atoms with Crippen molar-refractivity contribution in [3.63, 3.8) is 0 Å². The van der Waals surface area contributed by atoms with E-state index >= 15 is 0 Å². The lowest BCUT2D eigenvalue weighted by atomic mass is 10.1. The first-order valence-electron chi connectivity index (χ1n) is 5.88. The van der Waals surface area contributed by atoms with E-state index in [-0.39, 0.29) is 11.7 Å². The summed E-state index contributed by atoms with van der Waals surface area (Å²) in [6, 6.07) is 6.33. The predicted octanol–water partition coefficient (Wildman–Crippen LogP) is 3.30. The summed E-state index contributed by atoms with van der Waals surface area (Å²) in [4.78, 5) is 8.64. The quantitative estimate of drug-likeness (QED) is 0.883. The lowest BCUT2D eigenvalue weighted by molar-refractivity contribution is 0.627. The van der Waals surface area contributed by atoms with E-state index in [9.17, 15) is 4.39 Å². The van der Waals surface area contributed by atoms with Gasteiger partial charge in [0.15, 0.2) is 5.82 Å². The van der Waals surface area contributed by atoms with Gasteiger partial charge in [-0.1, -0.05) is 19.9 Å². The second-order valence-corrected chi connectivity index (χ2v) is 4.66. The fourth-order valence-corrected chi connectivity index (χ4v) is 1.74. The molecule has 0 aliphatic heterocycles. The van der Waals surface area contributed by atoms with Gasteiger partial charge >= 0.3 is 0 Å². The van der Waals surface area contributed by atoms with Crippen molar-refractivity contribution in [3.8, 4) is 11.4 Å². The van der Waals surface area contributed by atoms with Gasteiger partial charge in [0.25, 0.3) is 0 Å². The number of hydrogen-bond donors (Lipinski definition) is 1. The Morgan fingerprint density at radius 2 is 1.89 bits per heavy atom. The molecule has 0 unspecified atom stereocenters. The summed E-state index contributed by atoms with van der Waals surface area (Å²) in [5.74, 6) is 0.846. The molecule has 1 aromatic heterocycles. The Labute approximate surface area is 106 Å². The van der Waals surface area contributed by atoms with E-state index in [0.29, 0.717) is 17.2 Å². The van der Waals surface area contributed by atoms with Gasteiger partial charge in [0, 0.05) is 17.3 Å². The molecule has 2 rings (SSSR count). The normalized spacial score (nSPS) is 10.9. The Morgan fingerprint density at radius 1 is 1.17 bits per heavy atom. The van der Waals surface area contributed by atoms with Crippen LogP contribution in [0.3, 0.4) is 0 Å². The third-order valence-electron chi connectivity index (χ3n) is 2.80. The Bertz CT molecular complexity index is 579. The molecule has 0 bridgehead atoms. The van der Waals surface area contributed by atoms with Gasteiger partial charge in [-0.3, -0.25) is 0 Å². The molecule has 0 radical (unpaired) electrons. The third-order valence-corrected chi connectivity index (χ3v) is 2.80. The van der Waals surface area contributed by atoms with Gasteiger partial charge in [-0.25, -0.2) is 14.4 Å². The van der Waals surface area contributed by atoms with E-state index in [4.69, 9.17) is 5.73 Å². The molecular weight excluding hydrogens is 229 g/mol. The maximum absolute atomic E-state index is 13.3. The van der Waals surface area contributed by atoms with E-state index in [1.54, 1.807) is 12.1 Å². The summed E-state index contributed by atoms with van der Waals surface area (Å²) in [7, 11) is 0. The van der Waals surface area contributed by atoms with Gasteiger partial charge < -0.3 is 5.73 Å². The number of nitrogens with two attached hydrogens (primary N) is 1. The fourth-order valence-electron chi connectivity index (χ4n) is 1.74. The van der Waals surface area contributed by atoms with Crippen LogP contribution in [0, 0.1) is 12.7 Å². The van der Waals surface area contributed by atoms with Crippen molar-refractivity contribution in [1.82, 2.24) is 9.97 Å². The van der Waals surface area contributed by atoms with E-state index in [1.807, 2.05) is 20.8 Å². The number of nitrogen functional groups attached to an aromatic ring is 1. The minimum Gasteiger partial charge on any atom is -0.384 e. The number of anilines is 1. The van der Waals surface area contributed by atoms with Gasteiger partial charge in [0.1, 0.15) is 11.6 Å². The summed E-state index contributed by atoms with van der Waals surface area (Å²) in [5.41, 5.74) is 8.25. The van der Waals surface area contributed by atoms with E-state index in [1.165, 1.54) is 12.1 Å². The molecule has 94 valence electrons. The summed E-state index contributed by atoms with van der Waals surface area (Å²) in [6.45, 7) is 5.96. The number of rotatable bonds is 2. The predicted molar refractivity (Wildman–Crippen MR) is 70.7 cm³/mol. The van der Waals surface area contributed by atoms with Crippen molar-refractivity contribution >= 4 is 5.82 Å². The molecule has 0 aliphatic carbocycles. The first kappa shape index (κ1) is 12.5. The van der Waals surface area contributed by atoms with Crippen LogP contribution in [0.1, 0.15) is 31.0 Å². The highest BCUT2D eigenvalue weighted by molar-refractivity contribution is 5.61. The monoisotopic (exact) mass is 245 g/mol. The Balaban J connectivity index is 2.60. The van der Waals surface area contributed by atoms with Crippen molar-refractivity contribution in [3.05, 3.63) is 41.3 Å². The maximum atomic E-state index is 13.3. The standard InChI is InChI=1S/C14H16FN3/c1-8(2)12-7-13(16)18-14(17-12)11-6-10(15)5-4-9(11)3/h4-8H,1-3H3,(H2,16,17,18). The Morgan fingerprint density at radius 3 is 2.56 bits per heavy atom. The molecule has 4 heteroatoms. The smallest absolute Gasteiger partial charge is 0.162 e. The van der Waals surface area contributed by atoms with Gasteiger partial charge in [-0.2, -0.15) is 0 Å². The van der Waals surface area contributed by atoms with Crippen LogP contribution >= 0.6 is 0 Å². The molecule has 2 aromatic rings. The van der Waals surface area contributed by atoms with Crippen LogP contribution in [0.15, 0.2) is 24.3 Å². The molecular formula is C14H16FN3. The minimum absolute atomic E-state index is 0.253. The minimum atomic E-state index is -0.298. The number of benzene rings is 1. The SMILES string of the molecule is Cc1ccc(F)cc1-c1nc(N)cc(C(C)C)n1. The number of hydrogen-bond acceptors (Lipinski definition) is 3. The average molecular weight is 245 g/mol. The molecule has 0 aliphatic rings. The third kappa shape index (κ3) is 2.47. The molecule has 0 fully saturated rings. The number of aromatic nitrogens is 2. The van der Waals surface area contributed by atoms with Crippen LogP contribution in [0.5, 0.6) is 0 Å². The average Bonchev–Trinajstić information content (AvgIpc) is 2.31. The van der Waals surface area contributed by atoms with Crippen molar-refractivity contribution in [1.29, 1.82) is 0 Å². The van der Waals surface area contributed by atoms with E-state index < -0.39 is 0 Å². The first-order valence-corrected chi connectivity index (χ1v) is 5.88. The van der Waals surface area contributed by atoms with Gasteiger partial charge in [-0.15, -0.1) is 0 Å². The van der Waals surface area contributed by atoms with Crippen molar-refractivity contribution < 1.29 is 4.39 Å². The Hall–Kier alpha value is -1.97. The fraction of sp³-hybridized carbons (Fsp3) is 0.286. The van der Waals surface area contributed by atoms with Gasteiger partial charge in [0.05, 0.1) is 0 Å². The largest absolute Gasteiger partial charge is 0.384 e. The van der Waals surface area contributed by atoms with Gasteiger partial charge in [-0.05, 0) is 30.5 Å². The summed E-state index contributed by atoms with van der Waals surface area (Å²) < 4.78 is 13.3. The van der Waals surface area contributed by atoms with Crippen LogP contribution < -0.4 is 5.73 Å². The lowest BCUT2D eigenvalue weighted by Crippen LogP contribution is -2.02. The number of nitrogens with zero attached hydrogens (tertiary/aromatic N) is 2. The molecule has 0 spiro atoms. The van der Waals surface area contributed by atoms with Crippen LogP contribution in [-0.4, -0.2) is 9.97 Å². The molecule has 1 aromatic carbocycles. The lowest BCUT2D eigenvalue weighted by Gasteiger charge is -2.10. The van der Waals surface area contributed by atoms with Crippen LogP contribution in [0.25, 0.3) is 11.4 Å². The summed E-state index contributed by atoms with van der Waals surface area (Å²) in [6.07, 6.45) is 0. The highest BCUT2D eigenvalue weighted by Gasteiger charge is 2.10. The summed E-state index contributed by atoms with van der Waals surface area (Å²) >= 11 is 0. The zero-order valence-electron chi connectivity index (χ0n) is 10.7. The molecule has 0 atom stereocenters. The molecule has 3 nitrogen and oxygen atoms in total. The first-order chi connectivity index (χ1) is 8.47. The van der Waals surface area contributed by atoms with E-state index in [0.717, 1.165) is 11.3 Å². The van der Waals surface area contributed by atoms with Crippen LogP contribution in [0.2, 0.25) is 0 Å². The van der Waals surface area contributed by atoms with Crippen LogP contribution in [0.4, 0.5) is 10.2 Å². The van der Waals surface area contributed by atoms with Crippen LogP contribution in [-0.2, 0) is 0 Å².